The van der Waals surface area contributed by atoms with E-state index in [0.29, 0.717) is 18.9 Å². The van der Waals surface area contributed by atoms with Gasteiger partial charge in [0.05, 0.1) is 43.0 Å². The second kappa shape index (κ2) is 15.1. The van der Waals surface area contributed by atoms with E-state index in [1.807, 2.05) is 43.0 Å². The first-order valence-electron chi connectivity index (χ1n) is 18.4. The van der Waals surface area contributed by atoms with Gasteiger partial charge in [0, 0.05) is 13.1 Å². The van der Waals surface area contributed by atoms with E-state index in [1.54, 1.807) is 17.3 Å². The Balaban J connectivity index is 0.999. The summed E-state index contributed by atoms with van der Waals surface area (Å²) in [5, 5.41) is 14.4. The zero-order chi connectivity index (χ0) is 37.2. The lowest BCUT2D eigenvalue weighted by Gasteiger charge is -2.29. The predicted octanol–water partition coefficient (Wildman–Crippen LogP) is 5.89. The summed E-state index contributed by atoms with van der Waals surface area (Å²) in [6, 6.07) is 14.6. The molecule has 14 nitrogen and oxygen atoms in total. The molecule has 0 bridgehead atoms. The number of carboxylic acid groups (broad SMARTS) is 1. The Morgan fingerprint density at radius 1 is 0.736 bits per heavy atom. The minimum absolute atomic E-state index is 0.0823. The van der Waals surface area contributed by atoms with Crippen LogP contribution in [0.5, 0.6) is 0 Å². The molecule has 14 heteroatoms. The smallest absolute Gasteiger partial charge is 0.407 e. The van der Waals surface area contributed by atoms with Gasteiger partial charge >= 0.3 is 12.2 Å². The molecule has 0 unspecified atom stereocenters. The van der Waals surface area contributed by atoms with Crippen LogP contribution >= 0.6 is 0 Å². The molecule has 2 aliphatic heterocycles. The first-order valence-corrected chi connectivity index (χ1v) is 18.4. The molecule has 0 radical (unpaired) electrons. The standard InChI is InChI=1S/C39H46N8O6/c1-22(2)32(44-38(50)51)36(48)46-18-4-6-30(46)34-40-20-28(42-34)25-12-8-23(9-13-25)24-10-14-26(15-11-24)29-21-41-35(43-29)31-7-5-19-47(31)37(49)33(27-16-17-27)45-39(52)53-3/h8-15,20-22,27,30-33,44H,4-7,16-19H2,1-3H3,(H,40,42)(H,41,43)(H,45,52)(H,50,51)/t30-,31-,32-,33-/m0/s1. The zero-order valence-electron chi connectivity index (χ0n) is 30.2. The number of methoxy groups -OCH3 is 1. The summed E-state index contributed by atoms with van der Waals surface area (Å²) in [6.45, 7) is 4.83. The summed E-state index contributed by atoms with van der Waals surface area (Å²) in [6.07, 6.45) is 6.84. The number of aromatic nitrogens is 4. The topological polar surface area (TPSA) is 186 Å². The van der Waals surface area contributed by atoms with Crippen molar-refractivity contribution in [1.29, 1.82) is 0 Å². The number of carbonyl (C=O) groups is 4. The molecule has 2 aromatic carbocycles. The molecular formula is C39H46N8O6. The summed E-state index contributed by atoms with van der Waals surface area (Å²) in [7, 11) is 1.31. The predicted molar refractivity (Wildman–Crippen MR) is 196 cm³/mol. The maximum absolute atomic E-state index is 13.5. The third-order valence-electron chi connectivity index (χ3n) is 10.6. The van der Waals surface area contributed by atoms with Crippen molar-refractivity contribution in [3.63, 3.8) is 0 Å². The highest BCUT2D eigenvalue weighted by Crippen LogP contribution is 2.38. The van der Waals surface area contributed by atoms with Gasteiger partial charge in [-0.05, 0) is 72.6 Å². The van der Waals surface area contributed by atoms with Crippen LogP contribution in [-0.4, -0.2) is 91.1 Å². The van der Waals surface area contributed by atoms with Crippen molar-refractivity contribution >= 4 is 24.0 Å². The normalized spacial score (nSPS) is 19.6. The van der Waals surface area contributed by atoms with Gasteiger partial charge in [0.2, 0.25) is 11.8 Å². The molecule has 2 aromatic heterocycles. The molecule has 278 valence electrons. The van der Waals surface area contributed by atoms with Crippen molar-refractivity contribution in [1.82, 2.24) is 40.4 Å². The number of ether oxygens (including phenoxy) is 1. The minimum atomic E-state index is -1.21. The number of nitrogens with one attached hydrogen (secondary N) is 4. The third-order valence-corrected chi connectivity index (χ3v) is 10.6. The number of hydrogen-bond acceptors (Lipinski definition) is 7. The Kier molecular flexibility index (Phi) is 10.2. The summed E-state index contributed by atoms with van der Waals surface area (Å²) in [4.78, 5) is 69.9. The van der Waals surface area contributed by atoms with E-state index in [0.717, 1.165) is 78.0 Å². The Morgan fingerprint density at radius 2 is 1.21 bits per heavy atom. The molecule has 53 heavy (non-hydrogen) atoms. The molecule has 4 aromatic rings. The van der Waals surface area contributed by atoms with Gasteiger partial charge in [-0.25, -0.2) is 19.6 Å². The Morgan fingerprint density at radius 3 is 1.64 bits per heavy atom. The Hall–Kier alpha value is -5.66. The number of imidazole rings is 2. The number of aromatic amines is 2. The molecule has 7 rings (SSSR count). The van der Waals surface area contributed by atoms with Crippen LogP contribution in [0.4, 0.5) is 9.59 Å². The van der Waals surface area contributed by atoms with E-state index in [-0.39, 0.29) is 35.7 Å². The maximum atomic E-state index is 13.5. The zero-order valence-corrected chi connectivity index (χ0v) is 30.2. The molecule has 1 saturated carbocycles. The number of likely N-dealkylation sites (tertiary alicyclic amines) is 2. The lowest BCUT2D eigenvalue weighted by Crippen LogP contribution is -2.50. The molecule has 4 amide bonds. The quantitative estimate of drug-likeness (QED) is 0.127. The van der Waals surface area contributed by atoms with E-state index in [2.05, 4.69) is 54.8 Å². The molecular weight excluding hydrogens is 676 g/mol. The van der Waals surface area contributed by atoms with Crippen LogP contribution in [0.25, 0.3) is 33.6 Å². The van der Waals surface area contributed by atoms with Gasteiger partial charge in [-0.3, -0.25) is 9.59 Å². The van der Waals surface area contributed by atoms with E-state index in [1.165, 1.54) is 7.11 Å². The van der Waals surface area contributed by atoms with E-state index < -0.39 is 24.3 Å². The fraction of sp³-hybridized carbons (Fsp3) is 0.436. The summed E-state index contributed by atoms with van der Waals surface area (Å²) in [5.74, 6) is 1.08. The second-order valence-electron chi connectivity index (χ2n) is 14.5. The molecule has 4 atom stereocenters. The number of rotatable bonds is 11. The van der Waals surface area contributed by atoms with Gasteiger partial charge in [0.15, 0.2) is 0 Å². The van der Waals surface area contributed by atoms with Crippen LogP contribution in [0.3, 0.4) is 0 Å². The molecule has 0 spiro atoms. The van der Waals surface area contributed by atoms with Gasteiger partial charge < -0.3 is 40.2 Å². The van der Waals surface area contributed by atoms with Crippen LogP contribution in [-0.2, 0) is 14.3 Å². The van der Waals surface area contributed by atoms with Crippen molar-refractivity contribution in [3.8, 4) is 33.6 Å². The molecule has 2 saturated heterocycles. The summed E-state index contributed by atoms with van der Waals surface area (Å²) < 4.78 is 4.77. The average molecular weight is 723 g/mol. The highest BCUT2D eigenvalue weighted by atomic mass is 16.5. The van der Waals surface area contributed by atoms with E-state index >= 15 is 0 Å². The molecule has 1 aliphatic carbocycles. The van der Waals surface area contributed by atoms with Crippen LogP contribution in [0.2, 0.25) is 0 Å². The van der Waals surface area contributed by atoms with Gasteiger partial charge in [-0.15, -0.1) is 0 Å². The van der Waals surface area contributed by atoms with Crippen LogP contribution in [0.1, 0.15) is 76.1 Å². The SMILES string of the molecule is COC(=O)N[C@H](C(=O)N1CCC[C@H]1c1ncc(-c2ccc(-c3ccc(-c4cnc([C@@H]5CCCN5C(=O)[C@@H](NC(=O)O)C(C)C)[nH]4)cc3)cc2)[nH]1)C1CC1. The van der Waals surface area contributed by atoms with Crippen molar-refractivity contribution < 1.29 is 29.0 Å². The van der Waals surface area contributed by atoms with Gasteiger partial charge in [-0.1, -0.05) is 62.4 Å². The summed E-state index contributed by atoms with van der Waals surface area (Å²) in [5.41, 5.74) is 5.74. The monoisotopic (exact) mass is 722 g/mol. The van der Waals surface area contributed by atoms with Crippen molar-refractivity contribution in [2.24, 2.45) is 11.8 Å². The van der Waals surface area contributed by atoms with Crippen LogP contribution in [0, 0.1) is 11.8 Å². The van der Waals surface area contributed by atoms with E-state index in [4.69, 9.17) is 4.74 Å². The van der Waals surface area contributed by atoms with E-state index in [9.17, 15) is 24.3 Å². The number of carbonyl (C=O) groups excluding carboxylic acids is 3. The highest BCUT2D eigenvalue weighted by molar-refractivity contribution is 5.87. The van der Waals surface area contributed by atoms with Crippen molar-refractivity contribution in [3.05, 3.63) is 72.6 Å². The second-order valence-corrected chi connectivity index (χ2v) is 14.5. The van der Waals surface area contributed by atoms with Gasteiger partial charge in [0.1, 0.15) is 23.7 Å². The largest absolute Gasteiger partial charge is 0.465 e. The number of H-pyrrole nitrogens is 2. The fourth-order valence-electron chi connectivity index (χ4n) is 7.62. The fourth-order valence-corrected chi connectivity index (χ4v) is 7.62. The lowest BCUT2D eigenvalue weighted by atomic mass is 10.0. The Labute approximate surface area is 307 Å². The molecule has 3 fully saturated rings. The number of nitrogens with zero attached hydrogens (tertiary/aromatic N) is 4. The lowest BCUT2D eigenvalue weighted by molar-refractivity contribution is -0.136. The first kappa shape index (κ1) is 35.7. The molecule has 3 aliphatic rings. The first-order chi connectivity index (χ1) is 25.6. The van der Waals surface area contributed by atoms with Gasteiger partial charge in [0.25, 0.3) is 0 Å². The third kappa shape index (κ3) is 7.62. The molecule has 5 N–H and O–H groups in total. The summed E-state index contributed by atoms with van der Waals surface area (Å²) >= 11 is 0. The number of hydrogen-bond donors (Lipinski definition) is 5. The highest BCUT2D eigenvalue weighted by Gasteiger charge is 2.43. The minimum Gasteiger partial charge on any atom is -0.465 e. The Bertz CT molecular complexity index is 1950. The van der Waals surface area contributed by atoms with Crippen LogP contribution < -0.4 is 10.6 Å². The number of alkyl carbamates (subject to hydrolysis) is 1. The maximum Gasteiger partial charge on any atom is 0.407 e. The van der Waals surface area contributed by atoms with Crippen molar-refractivity contribution in [2.45, 2.75) is 76.5 Å². The average Bonchev–Trinajstić information content (AvgIpc) is 3.64. The van der Waals surface area contributed by atoms with Crippen molar-refractivity contribution in [2.75, 3.05) is 20.2 Å². The van der Waals surface area contributed by atoms with Gasteiger partial charge in [-0.2, -0.15) is 0 Å². The molecule has 4 heterocycles. The van der Waals surface area contributed by atoms with Crippen LogP contribution in [0.15, 0.2) is 60.9 Å². The number of amides is 4. The number of benzene rings is 2.